The summed E-state index contributed by atoms with van der Waals surface area (Å²) in [5.74, 6) is 0.212. The summed E-state index contributed by atoms with van der Waals surface area (Å²) < 4.78 is 0. The van der Waals surface area contributed by atoms with Crippen molar-refractivity contribution >= 4 is 28.3 Å². The molecule has 3 N–H and O–H groups in total. The van der Waals surface area contributed by atoms with Gasteiger partial charge < -0.3 is 15.7 Å². The van der Waals surface area contributed by atoms with Gasteiger partial charge in [0, 0.05) is 25.3 Å². The third kappa shape index (κ3) is 3.35. The molecule has 0 spiro atoms. The molecular weight excluding hydrogens is 306 g/mol. The van der Waals surface area contributed by atoms with Gasteiger partial charge >= 0.3 is 0 Å². The van der Waals surface area contributed by atoms with E-state index in [0.29, 0.717) is 16.4 Å². The van der Waals surface area contributed by atoms with E-state index in [-0.39, 0.29) is 11.0 Å². The van der Waals surface area contributed by atoms with Crippen LogP contribution in [0.4, 0.5) is 5.69 Å². The molecule has 1 heterocycles. The first-order chi connectivity index (χ1) is 11.0. The summed E-state index contributed by atoms with van der Waals surface area (Å²) in [6, 6.07) is 15.6. The first-order valence-electron chi connectivity index (χ1n) is 7.33. The smallest absolute Gasteiger partial charge is 0.160 e. The zero-order valence-corrected chi connectivity index (χ0v) is 13.9. The van der Waals surface area contributed by atoms with Crippen LogP contribution in [-0.4, -0.2) is 24.4 Å². The molecule has 0 aliphatic carbocycles. The number of para-hydroxylation sites is 1. The summed E-state index contributed by atoms with van der Waals surface area (Å²) in [7, 11) is 4.04. The van der Waals surface area contributed by atoms with Crippen molar-refractivity contribution in [2.45, 2.75) is 5.25 Å². The number of phenols is 1. The third-order valence-corrected chi connectivity index (χ3v) is 4.70. The van der Waals surface area contributed by atoms with Crippen molar-refractivity contribution in [3.05, 3.63) is 65.7 Å². The van der Waals surface area contributed by atoms with E-state index >= 15 is 0 Å². The summed E-state index contributed by atoms with van der Waals surface area (Å²) in [5.41, 5.74) is 9.72. The van der Waals surface area contributed by atoms with Crippen LogP contribution in [0, 0.1) is 0 Å². The maximum Gasteiger partial charge on any atom is 0.160 e. The Morgan fingerprint density at radius 1 is 1.09 bits per heavy atom. The highest BCUT2D eigenvalue weighted by atomic mass is 32.2. The minimum absolute atomic E-state index is 0.0818. The second-order valence-electron chi connectivity index (χ2n) is 5.54. The van der Waals surface area contributed by atoms with Gasteiger partial charge in [0.1, 0.15) is 5.75 Å². The molecule has 0 amide bonds. The Balaban J connectivity index is 1.95. The Kier molecular flexibility index (Phi) is 4.30. The Morgan fingerprint density at radius 2 is 1.78 bits per heavy atom. The molecule has 0 fully saturated rings. The van der Waals surface area contributed by atoms with E-state index in [9.17, 15) is 5.11 Å². The van der Waals surface area contributed by atoms with Crippen molar-refractivity contribution in [1.82, 2.24) is 0 Å². The topological polar surface area (TPSA) is 61.8 Å². The number of rotatable bonds is 3. The van der Waals surface area contributed by atoms with Gasteiger partial charge in [-0.3, -0.25) is 0 Å². The van der Waals surface area contributed by atoms with E-state index in [0.717, 1.165) is 11.3 Å². The number of hydrogen-bond acceptors (Lipinski definition) is 5. The van der Waals surface area contributed by atoms with E-state index < -0.39 is 0 Å². The lowest BCUT2D eigenvalue weighted by Gasteiger charge is -2.20. The Labute approximate surface area is 140 Å². The molecule has 1 aliphatic heterocycles. The molecule has 23 heavy (non-hydrogen) atoms. The second kappa shape index (κ2) is 6.38. The van der Waals surface area contributed by atoms with Crippen molar-refractivity contribution in [1.29, 1.82) is 0 Å². The molecule has 0 aromatic heterocycles. The van der Waals surface area contributed by atoms with Gasteiger partial charge in [0.25, 0.3) is 0 Å². The summed E-state index contributed by atoms with van der Waals surface area (Å²) in [6.45, 7) is 0. The number of amidine groups is 1. The molecule has 1 atom stereocenters. The highest BCUT2D eigenvalue weighted by Crippen LogP contribution is 2.39. The van der Waals surface area contributed by atoms with Crippen LogP contribution >= 0.6 is 11.8 Å². The van der Waals surface area contributed by atoms with Gasteiger partial charge in [-0.1, -0.05) is 36.0 Å². The van der Waals surface area contributed by atoms with Crippen LogP contribution in [0.3, 0.4) is 0 Å². The highest BCUT2D eigenvalue weighted by molar-refractivity contribution is 8.14. The number of aliphatic imine (C=N–C) groups is 1. The zero-order valence-electron chi connectivity index (χ0n) is 13.1. The van der Waals surface area contributed by atoms with Crippen LogP contribution in [0.2, 0.25) is 0 Å². The van der Waals surface area contributed by atoms with Crippen molar-refractivity contribution in [3.63, 3.8) is 0 Å². The van der Waals surface area contributed by atoms with Gasteiger partial charge in [0.05, 0.1) is 10.9 Å². The highest BCUT2D eigenvalue weighted by Gasteiger charge is 2.20. The minimum Gasteiger partial charge on any atom is -0.507 e. The molecule has 1 aliphatic rings. The number of aromatic hydroxyl groups is 1. The van der Waals surface area contributed by atoms with Gasteiger partial charge in [0.15, 0.2) is 5.17 Å². The number of anilines is 1. The molecule has 3 rings (SSSR count). The number of benzene rings is 2. The fraction of sp³-hybridized carbons (Fsp3) is 0.167. The fourth-order valence-corrected chi connectivity index (χ4v) is 3.36. The molecule has 0 saturated heterocycles. The molecule has 2 aromatic carbocycles. The Hall–Kier alpha value is -2.40. The van der Waals surface area contributed by atoms with Gasteiger partial charge in [-0.25, -0.2) is 4.99 Å². The fourth-order valence-electron chi connectivity index (χ4n) is 2.46. The number of hydrogen-bond donors (Lipinski definition) is 2. The van der Waals surface area contributed by atoms with E-state index in [4.69, 9.17) is 5.73 Å². The van der Waals surface area contributed by atoms with Gasteiger partial charge in [-0.15, -0.1) is 0 Å². The first-order valence-corrected chi connectivity index (χ1v) is 8.21. The molecule has 5 heteroatoms. The van der Waals surface area contributed by atoms with E-state index in [2.05, 4.69) is 34.2 Å². The molecule has 2 aromatic rings. The lowest BCUT2D eigenvalue weighted by atomic mass is 10.1. The minimum atomic E-state index is 0.0818. The molecule has 0 bridgehead atoms. The summed E-state index contributed by atoms with van der Waals surface area (Å²) >= 11 is 1.51. The first kappa shape index (κ1) is 15.5. The molecule has 0 saturated carbocycles. The molecule has 1 unspecified atom stereocenters. The average molecular weight is 325 g/mol. The average Bonchev–Trinajstić information content (AvgIpc) is 2.55. The number of nitrogens with zero attached hydrogens (tertiary/aromatic N) is 2. The zero-order chi connectivity index (χ0) is 16.4. The molecule has 4 nitrogen and oxygen atoms in total. The summed E-state index contributed by atoms with van der Waals surface area (Å²) in [5, 5.41) is 10.6. The largest absolute Gasteiger partial charge is 0.507 e. The van der Waals surface area contributed by atoms with Gasteiger partial charge in [-0.2, -0.15) is 0 Å². The van der Waals surface area contributed by atoms with Crippen molar-refractivity contribution < 1.29 is 5.11 Å². The lowest BCUT2D eigenvalue weighted by Crippen LogP contribution is -2.13. The van der Waals surface area contributed by atoms with Crippen molar-refractivity contribution in [2.75, 3.05) is 19.0 Å². The van der Waals surface area contributed by atoms with Crippen LogP contribution in [0.5, 0.6) is 5.75 Å². The lowest BCUT2D eigenvalue weighted by molar-refractivity contribution is 0.473. The van der Waals surface area contributed by atoms with Gasteiger partial charge in [-0.05, 0) is 35.9 Å². The summed E-state index contributed by atoms with van der Waals surface area (Å²) in [4.78, 5) is 6.45. The Bertz CT molecular complexity index is 766. The van der Waals surface area contributed by atoms with Crippen LogP contribution < -0.4 is 10.6 Å². The van der Waals surface area contributed by atoms with E-state index in [1.807, 2.05) is 32.3 Å². The monoisotopic (exact) mass is 325 g/mol. The predicted molar refractivity (Wildman–Crippen MR) is 98.8 cm³/mol. The predicted octanol–water partition coefficient (Wildman–Crippen LogP) is 3.60. The van der Waals surface area contributed by atoms with Crippen molar-refractivity contribution in [2.24, 2.45) is 10.7 Å². The van der Waals surface area contributed by atoms with Crippen LogP contribution in [-0.2, 0) is 0 Å². The quantitative estimate of drug-likeness (QED) is 0.905. The third-order valence-electron chi connectivity index (χ3n) is 3.71. The normalized spacial score (nSPS) is 17.4. The summed E-state index contributed by atoms with van der Waals surface area (Å²) in [6.07, 6.45) is 2.04. The van der Waals surface area contributed by atoms with E-state index in [1.54, 1.807) is 12.1 Å². The van der Waals surface area contributed by atoms with Crippen LogP contribution in [0.15, 0.2) is 59.6 Å². The number of phenolic OH excluding ortho intramolecular Hbond substituents is 1. The standard InChI is InChI=1S/C18H19N3OS/c1-21(2)13-9-7-12(8-10-13)17-11-15(20-18(19)23-17)14-5-3-4-6-16(14)22/h3-11,17,22H,1-2H3,(H2,19,20). The molecular formula is C18H19N3OS. The molecule has 118 valence electrons. The van der Waals surface area contributed by atoms with E-state index in [1.165, 1.54) is 11.8 Å². The maximum atomic E-state index is 10.0. The van der Waals surface area contributed by atoms with Gasteiger partial charge in [0.2, 0.25) is 0 Å². The number of thioether (sulfide) groups is 1. The maximum absolute atomic E-state index is 10.0. The van der Waals surface area contributed by atoms with Crippen LogP contribution in [0.1, 0.15) is 16.4 Å². The van der Waals surface area contributed by atoms with Crippen LogP contribution in [0.25, 0.3) is 5.70 Å². The van der Waals surface area contributed by atoms with Crippen molar-refractivity contribution in [3.8, 4) is 5.75 Å². The number of nitrogens with two attached hydrogens (primary N) is 1. The molecule has 0 radical (unpaired) electrons. The second-order valence-corrected chi connectivity index (χ2v) is 6.71. The Morgan fingerprint density at radius 3 is 2.43 bits per heavy atom. The SMILES string of the molecule is CN(C)c1ccc(C2C=C(c3ccccc3O)N=C(N)S2)cc1.